The Bertz CT molecular complexity index is 2170. The van der Waals surface area contributed by atoms with Gasteiger partial charge in [0, 0.05) is 31.6 Å². The van der Waals surface area contributed by atoms with Gasteiger partial charge in [-0.25, -0.2) is 9.59 Å². The number of ketones is 1. The summed E-state index contributed by atoms with van der Waals surface area (Å²) >= 11 is 0. The van der Waals surface area contributed by atoms with E-state index in [2.05, 4.69) is 5.32 Å². The van der Waals surface area contributed by atoms with Gasteiger partial charge in [-0.2, -0.15) is 0 Å². The highest BCUT2D eigenvalue weighted by Crippen LogP contribution is 2.65. The van der Waals surface area contributed by atoms with Crippen molar-refractivity contribution < 1.29 is 83.0 Å². The van der Waals surface area contributed by atoms with Crippen LogP contribution in [0.1, 0.15) is 89.2 Å². The highest BCUT2D eigenvalue weighted by atomic mass is 16.7. The first-order chi connectivity index (χ1) is 30.6. The smallest absolute Gasteiger partial charge is 0.338 e. The van der Waals surface area contributed by atoms with E-state index in [0.29, 0.717) is 12.0 Å². The summed E-state index contributed by atoms with van der Waals surface area (Å²) in [4.78, 5) is 70.3. The van der Waals surface area contributed by atoms with Crippen LogP contribution in [0.5, 0.6) is 0 Å². The molecule has 2 bridgehead atoms. The van der Waals surface area contributed by atoms with Gasteiger partial charge in [0.15, 0.2) is 23.8 Å². The molecule has 2 aromatic rings. The SMILES string of the molecule is CCCC(=O)N[C@@H](c1ccccc1)[C@@H](O)C(=O)O[C@H]1C[C@@]2(O)[C@H](OC(=O)c3ccccc3)[C@@H]3[C@]4(OC(C)=O)CO[C@H]4C[C@H](O[C@H]4OC[C@H](O)[C@H](O)[C@H]4O)[C@@]3(C)C(=O)[C@H](O)C(=C1C)C2(C)C. The highest BCUT2D eigenvalue weighted by molar-refractivity contribution is 5.94. The summed E-state index contributed by atoms with van der Waals surface area (Å²) in [6.07, 6.45) is -17.0. The molecule has 4 fully saturated rings. The Morgan fingerprint density at radius 2 is 1.57 bits per heavy atom. The lowest BCUT2D eigenvalue weighted by atomic mass is 9.44. The van der Waals surface area contributed by atoms with Crippen molar-refractivity contribution in [2.24, 2.45) is 16.7 Å². The molecule has 354 valence electrons. The number of esters is 3. The molecule has 2 saturated heterocycles. The number of carbonyl (C=O) groups is 5. The van der Waals surface area contributed by atoms with Crippen LogP contribution in [0.15, 0.2) is 71.8 Å². The van der Waals surface area contributed by atoms with Crippen LogP contribution in [0.3, 0.4) is 0 Å². The lowest BCUT2D eigenvalue weighted by Gasteiger charge is -2.68. The summed E-state index contributed by atoms with van der Waals surface area (Å²) in [5.41, 5.74) is -7.70. The first-order valence-electron chi connectivity index (χ1n) is 21.9. The average Bonchev–Trinajstić information content (AvgIpc) is 3.26. The molecule has 0 spiro atoms. The summed E-state index contributed by atoms with van der Waals surface area (Å²) in [5, 5.41) is 72.5. The average molecular weight is 910 g/mol. The Balaban J connectivity index is 1.39. The van der Waals surface area contributed by atoms with Crippen molar-refractivity contribution in [2.75, 3.05) is 13.2 Å². The molecule has 2 heterocycles. The maximum absolute atomic E-state index is 15.6. The monoisotopic (exact) mass is 909 g/mol. The van der Waals surface area contributed by atoms with E-state index < -0.39 is 138 Å². The number of benzene rings is 2. The Labute approximate surface area is 375 Å². The standard InChI is InChI=1S/C47H59NO17/c1-7-14-31(51)48-33(25-15-10-8-11-16-25)36(54)42(58)62-28-20-47(59)40(64-41(57)26-17-12-9-13-18-26)38-45(6,39(56)35(53)32(23(28)2)44(47,4)5)29(19-30-46(38,22-61-30)65-24(3)49)63-43-37(55)34(52)27(50)21-60-43/h8-13,15-18,27-30,33-38,40,43,50,52-55,59H,7,14,19-22H2,1-6H3,(H,48,51)/t27-,28-,29-,30-,33-,34-,35+,36+,37+,38-,40+,43+,45+,46-,47+/m0/s1. The molecule has 7 N–H and O–H groups in total. The topological polar surface area (TPSA) is 274 Å². The normalized spacial score (nSPS) is 37.1. The molecule has 18 nitrogen and oxygen atoms in total. The number of fused-ring (bicyclic) bond motifs is 5. The Hall–Kier alpha value is -4.63. The second-order valence-electron chi connectivity index (χ2n) is 18.6. The molecule has 2 aromatic carbocycles. The van der Waals surface area contributed by atoms with Crippen molar-refractivity contribution >= 4 is 29.6 Å². The number of hydrogen-bond donors (Lipinski definition) is 7. The van der Waals surface area contributed by atoms with Gasteiger partial charge in [0.1, 0.15) is 48.3 Å². The lowest BCUT2D eigenvalue weighted by molar-refractivity contribution is -0.366. The predicted octanol–water partition coefficient (Wildman–Crippen LogP) is 1.11. The number of aliphatic hydroxyl groups is 6. The van der Waals surface area contributed by atoms with Crippen molar-refractivity contribution in [3.63, 3.8) is 0 Å². The van der Waals surface area contributed by atoms with Crippen LogP contribution in [0.2, 0.25) is 0 Å². The third-order valence-electron chi connectivity index (χ3n) is 14.4. The van der Waals surface area contributed by atoms with Crippen LogP contribution >= 0.6 is 0 Å². The molecular weight excluding hydrogens is 851 g/mol. The second kappa shape index (κ2) is 18.2. The minimum atomic E-state index is -2.44. The van der Waals surface area contributed by atoms with E-state index in [9.17, 15) is 49.8 Å². The number of Topliss-reactive ketones (excluding diaryl/α,β-unsaturated/α-hetero) is 1. The fraction of sp³-hybridized carbons (Fsp3) is 0.596. The quantitative estimate of drug-likeness (QED) is 0.0893. The van der Waals surface area contributed by atoms with Crippen molar-refractivity contribution in [3.05, 3.63) is 82.9 Å². The van der Waals surface area contributed by atoms with Crippen LogP contribution in [0.25, 0.3) is 0 Å². The van der Waals surface area contributed by atoms with Gasteiger partial charge in [0.25, 0.3) is 0 Å². The summed E-state index contributed by atoms with van der Waals surface area (Å²) in [5.74, 6) is -6.06. The van der Waals surface area contributed by atoms with Gasteiger partial charge in [-0.1, -0.05) is 69.3 Å². The van der Waals surface area contributed by atoms with Crippen LogP contribution in [0, 0.1) is 16.7 Å². The number of rotatable bonds is 12. The molecule has 2 saturated carbocycles. The van der Waals surface area contributed by atoms with Gasteiger partial charge in [-0.3, -0.25) is 14.4 Å². The van der Waals surface area contributed by atoms with Gasteiger partial charge in [-0.15, -0.1) is 0 Å². The predicted molar refractivity (Wildman–Crippen MR) is 224 cm³/mol. The molecule has 15 atom stereocenters. The Morgan fingerprint density at radius 1 is 0.923 bits per heavy atom. The van der Waals surface area contributed by atoms with Crippen molar-refractivity contribution in [1.82, 2.24) is 5.32 Å². The molecule has 0 unspecified atom stereocenters. The van der Waals surface area contributed by atoms with Crippen molar-refractivity contribution in [1.29, 1.82) is 0 Å². The van der Waals surface area contributed by atoms with E-state index >= 15 is 4.79 Å². The molecule has 18 heteroatoms. The van der Waals surface area contributed by atoms with Crippen LogP contribution in [-0.4, -0.2) is 146 Å². The highest BCUT2D eigenvalue weighted by Gasteiger charge is 2.78. The zero-order valence-electron chi connectivity index (χ0n) is 37.1. The van der Waals surface area contributed by atoms with Crippen molar-refractivity contribution in [3.8, 4) is 0 Å². The van der Waals surface area contributed by atoms with Crippen LogP contribution < -0.4 is 5.32 Å². The van der Waals surface area contributed by atoms with E-state index in [1.807, 2.05) is 0 Å². The zero-order chi connectivity index (χ0) is 47.4. The minimum absolute atomic E-state index is 0.0350. The molecule has 7 rings (SSSR count). The zero-order valence-corrected chi connectivity index (χ0v) is 37.1. The largest absolute Gasteiger partial charge is 0.456 e. The summed E-state index contributed by atoms with van der Waals surface area (Å²) < 4.78 is 36.6. The third kappa shape index (κ3) is 8.20. The summed E-state index contributed by atoms with van der Waals surface area (Å²) in [6, 6.07) is 14.7. The van der Waals surface area contributed by atoms with Crippen LogP contribution in [-0.2, 0) is 47.6 Å². The molecule has 65 heavy (non-hydrogen) atoms. The Kier molecular flexibility index (Phi) is 13.5. The maximum atomic E-state index is 15.6. The summed E-state index contributed by atoms with van der Waals surface area (Å²) in [6.45, 7) is 8.03. The molecule has 0 aromatic heterocycles. The number of amides is 1. The molecule has 1 amide bonds. The van der Waals surface area contributed by atoms with Gasteiger partial charge in [-0.05, 0) is 49.1 Å². The Morgan fingerprint density at radius 3 is 2.17 bits per heavy atom. The van der Waals surface area contributed by atoms with E-state index in [1.165, 1.54) is 39.8 Å². The number of hydrogen-bond acceptors (Lipinski definition) is 17. The molecular formula is C47H59NO17. The third-order valence-corrected chi connectivity index (χ3v) is 14.4. The van der Waals surface area contributed by atoms with Crippen molar-refractivity contribution in [2.45, 2.75) is 146 Å². The fourth-order valence-electron chi connectivity index (χ4n) is 10.8. The first kappa shape index (κ1) is 48.3. The fourth-order valence-corrected chi connectivity index (χ4v) is 10.8. The second-order valence-corrected chi connectivity index (χ2v) is 18.6. The van der Waals surface area contributed by atoms with E-state index in [0.717, 1.165) is 6.92 Å². The number of carbonyl (C=O) groups excluding carboxylic acids is 5. The number of aliphatic hydroxyl groups excluding tert-OH is 5. The van der Waals surface area contributed by atoms with Gasteiger partial charge < -0.3 is 64.4 Å². The van der Waals surface area contributed by atoms with Crippen LogP contribution in [0.4, 0.5) is 0 Å². The molecule has 3 aliphatic carbocycles. The van der Waals surface area contributed by atoms with Gasteiger partial charge in [0.05, 0.1) is 42.3 Å². The lowest BCUT2D eigenvalue weighted by Crippen LogP contribution is -2.82. The van der Waals surface area contributed by atoms with Gasteiger partial charge in [0.2, 0.25) is 5.91 Å². The number of ether oxygens (including phenoxy) is 6. The minimum Gasteiger partial charge on any atom is -0.456 e. The van der Waals surface area contributed by atoms with E-state index in [4.69, 9.17) is 28.4 Å². The number of nitrogens with one attached hydrogen (secondary N) is 1. The maximum Gasteiger partial charge on any atom is 0.338 e. The first-order valence-corrected chi connectivity index (χ1v) is 21.9. The summed E-state index contributed by atoms with van der Waals surface area (Å²) in [7, 11) is 0. The molecule has 5 aliphatic rings. The van der Waals surface area contributed by atoms with Gasteiger partial charge >= 0.3 is 17.9 Å². The van der Waals surface area contributed by atoms with E-state index in [1.54, 1.807) is 55.5 Å². The van der Waals surface area contributed by atoms with E-state index in [-0.39, 0.29) is 36.2 Å². The molecule has 0 radical (unpaired) electrons. The molecule has 2 aliphatic heterocycles.